The number of amides is 2. The lowest BCUT2D eigenvalue weighted by Crippen LogP contribution is -2.41. The van der Waals surface area contributed by atoms with E-state index in [0.717, 1.165) is 24.8 Å². The predicted molar refractivity (Wildman–Crippen MR) is 121 cm³/mol. The van der Waals surface area contributed by atoms with Crippen LogP contribution in [-0.2, 0) is 11.3 Å². The number of benzene rings is 2. The summed E-state index contributed by atoms with van der Waals surface area (Å²) < 4.78 is 0. The first-order chi connectivity index (χ1) is 14.3. The molecule has 3 rings (SSSR count). The van der Waals surface area contributed by atoms with E-state index in [1.807, 2.05) is 50.2 Å². The molecule has 0 spiro atoms. The first-order valence-corrected chi connectivity index (χ1v) is 10.8. The molecular weight excluding hydrogens is 398 g/mol. The summed E-state index contributed by atoms with van der Waals surface area (Å²) in [5.74, 6) is 0.0822. The Kier molecular flexibility index (Phi) is 7.16. The van der Waals surface area contributed by atoms with Crippen LogP contribution in [0.5, 0.6) is 0 Å². The molecule has 0 bridgehead atoms. The average molecular weight is 428 g/mol. The summed E-state index contributed by atoms with van der Waals surface area (Å²) >= 11 is 6.46. The van der Waals surface area contributed by atoms with Gasteiger partial charge in [0.25, 0.3) is 5.91 Å². The molecule has 0 unspecified atom stereocenters. The summed E-state index contributed by atoms with van der Waals surface area (Å²) in [5.41, 5.74) is 7.81. The van der Waals surface area contributed by atoms with Crippen molar-refractivity contribution in [3.05, 3.63) is 64.7 Å². The Balaban J connectivity index is 1.82. The highest BCUT2D eigenvalue weighted by Gasteiger charge is 2.27. The third kappa shape index (κ3) is 5.61. The molecular formula is C24H30ClN3O2. The van der Waals surface area contributed by atoms with Crippen LogP contribution in [0.1, 0.15) is 49.0 Å². The molecule has 0 heterocycles. The van der Waals surface area contributed by atoms with Gasteiger partial charge in [0.1, 0.15) is 0 Å². The molecule has 2 aromatic carbocycles. The minimum Gasteiger partial charge on any atom is -0.334 e. The molecule has 0 radical (unpaired) electrons. The van der Waals surface area contributed by atoms with Gasteiger partial charge in [0, 0.05) is 35.3 Å². The molecule has 2 aromatic rings. The Morgan fingerprint density at radius 2 is 1.87 bits per heavy atom. The number of hydrogen-bond donors (Lipinski definition) is 2. The minimum absolute atomic E-state index is 0.0519. The van der Waals surface area contributed by atoms with Crippen LogP contribution in [0, 0.1) is 11.3 Å². The van der Waals surface area contributed by atoms with Crippen LogP contribution < -0.4 is 11.1 Å². The van der Waals surface area contributed by atoms with Gasteiger partial charge >= 0.3 is 0 Å². The van der Waals surface area contributed by atoms with Crippen LogP contribution in [0.2, 0.25) is 5.02 Å². The van der Waals surface area contributed by atoms with Crippen LogP contribution >= 0.6 is 11.6 Å². The fourth-order valence-electron chi connectivity index (χ4n) is 3.44. The number of nitrogens with zero attached hydrogens (tertiary/aromatic N) is 1. The lowest BCUT2D eigenvalue weighted by Gasteiger charge is -2.32. The zero-order valence-electron chi connectivity index (χ0n) is 17.7. The summed E-state index contributed by atoms with van der Waals surface area (Å²) in [6.07, 6.45) is 3.00. The molecule has 160 valence electrons. The molecule has 0 atom stereocenters. The van der Waals surface area contributed by atoms with Crippen molar-refractivity contribution >= 4 is 29.1 Å². The van der Waals surface area contributed by atoms with E-state index in [1.54, 1.807) is 17.0 Å². The average Bonchev–Trinajstić information content (AvgIpc) is 2.68. The SMILES string of the molecule is CC(C)(CN)CN(Cc1cc(NC(=O)C2CCC2)ccc1Cl)C(=O)c1ccccc1. The zero-order chi connectivity index (χ0) is 21.7. The standard InChI is InChI=1S/C24H30ClN3O2/c1-24(2,15-26)16-28(23(30)18-7-4-3-5-8-18)14-19-13-20(11-12-21(19)25)27-22(29)17-9-6-10-17/h3-5,7-8,11-13,17H,6,9-10,14-16,26H2,1-2H3,(H,27,29). The number of nitrogens with one attached hydrogen (secondary N) is 1. The van der Waals surface area contributed by atoms with Gasteiger partial charge < -0.3 is 16.0 Å². The van der Waals surface area contributed by atoms with E-state index in [-0.39, 0.29) is 23.1 Å². The number of hydrogen-bond acceptors (Lipinski definition) is 3. The van der Waals surface area contributed by atoms with E-state index in [1.165, 1.54) is 0 Å². The van der Waals surface area contributed by atoms with Gasteiger partial charge in [0.05, 0.1) is 0 Å². The second-order valence-electron chi connectivity index (χ2n) is 8.82. The van der Waals surface area contributed by atoms with Gasteiger partial charge in [-0.15, -0.1) is 0 Å². The van der Waals surface area contributed by atoms with Crippen LogP contribution in [0.15, 0.2) is 48.5 Å². The van der Waals surface area contributed by atoms with Gasteiger partial charge in [-0.3, -0.25) is 9.59 Å². The molecule has 30 heavy (non-hydrogen) atoms. The number of anilines is 1. The van der Waals surface area contributed by atoms with Gasteiger partial charge in [-0.05, 0) is 60.7 Å². The molecule has 0 aromatic heterocycles. The molecule has 5 nitrogen and oxygen atoms in total. The van der Waals surface area contributed by atoms with Gasteiger partial charge in [0.15, 0.2) is 0 Å². The van der Waals surface area contributed by atoms with Crippen molar-refractivity contribution < 1.29 is 9.59 Å². The fraction of sp³-hybridized carbons (Fsp3) is 0.417. The number of carbonyl (C=O) groups excluding carboxylic acids is 2. The Hall–Kier alpha value is -2.37. The Morgan fingerprint density at radius 1 is 1.17 bits per heavy atom. The van der Waals surface area contributed by atoms with Crippen molar-refractivity contribution in [2.24, 2.45) is 17.1 Å². The van der Waals surface area contributed by atoms with E-state index in [9.17, 15) is 9.59 Å². The lowest BCUT2D eigenvalue weighted by atomic mass is 9.85. The highest BCUT2D eigenvalue weighted by atomic mass is 35.5. The van der Waals surface area contributed by atoms with Crippen molar-refractivity contribution in [2.75, 3.05) is 18.4 Å². The Labute approximate surface area is 183 Å². The smallest absolute Gasteiger partial charge is 0.254 e. The summed E-state index contributed by atoms with van der Waals surface area (Å²) in [6, 6.07) is 14.6. The maximum Gasteiger partial charge on any atom is 0.254 e. The van der Waals surface area contributed by atoms with Crippen molar-refractivity contribution in [3.8, 4) is 0 Å². The zero-order valence-corrected chi connectivity index (χ0v) is 18.4. The van der Waals surface area contributed by atoms with Gasteiger partial charge in [0.2, 0.25) is 5.91 Å². The second kappa shape index (κ2) is 9.63. The maximum absolute atomic E-state index is 13.2. The van der Waals surface area contributed by atoms with Crippen LogP contribution in [0.4, 0.5) is 5.69 Å². The quantitative estimate of drug-likeness (QED) is 0.640. The maximum atomic E-state index is 13.2. The van der Waals surface area contributed by atoms with Gasteiger partial charge in [-0.1, -0.05) is 50.1 Å². The van der Waals surface area contributed by atoms with Crippen molar-refractivity contribution in [1.29, 1.82) is 0 Å². The minimum atomic E-state index is -0.243. The van der Waals surface area contributed by atoms with Crippen molar-refractivity contribution in [3.63, 3.8) is 0 Å². The molecule has 2 amide bonds. The molecule has 1 saturated carbocycles. The molecule has 1 aliphatic rings. The number of carbonyl (C=O) groups is 2. The molecule has 3 N–H and O–H groups in total. The predicted octanol–water partition coefficient (Wildman–Crippen LogP) is 4.71. The first-order valence-electron chi connectivity index (χ1n) is 10.4. The molecule has 1 aliphatic carbocycles. The summed E-state index contributed by atoms with van der Waals surface area (Å²) in [5, 5.41) is 3.55. The summed E-state index contributed by atoms with van der Waals surface area (Å²) in [6.45, 7) is 5.36. The van der Waals surface area contributed by atoms with E-state index < -0.39 is 0 Å². The van der Waals surface area contributed by atoms with Gasteiger partial charge in [-0.25, -0.2) is 0 Å². The van der Waals surface area contributed by atoms with Gasteiger partial charge in [-0.2, -0.15) is 0 Å². The van der Waals surface area contributed by atoms with Crippen LogP contribution in [-0.4, -0.2) is 29.8 Å². The van der Waals surface area contributed by atoms with E-state index in [4.69, 9.17) is 17.3 Å². The third-order valence-corrected chi connectivity index (χ3v) is 6.00. The van der Waals surface area contributed by atoms with E-state index in [2.05, 4.69) is 5.32 Å². The second-order valence-corrected chi connectivity index (χ2v) is 9.23. The van der Waals surface area contributed by atoms with E-state index in [0.29, 0.717) is 35.9 Å². The molecule has 0 saturated heterocycles. The Morgan fingerprint density at radius 3 is 2.47 bits per heavy atom. The Bertz CT molecular complexity index is 895. The summed E-state index contributed by atoms with van der Waals surface area (Å²) in [7, 11) is 0. The van der Waals surface area contributed by atoms with E-state index >= 15 is 0 Å². The number of nitrogens with two attached hydrogens (primary N) is 1. The fourth-order valence-corrected chi connectivity index (χ4v) is 3.62. The van der Waals surface area contributed by atoms with Crippen LogP contribution in [0.25, 0.3) is 0 Å². The largest absolute Gasteiger partial charge is 0.334 e. The van der Waals surface area contributed by atoms with Crippen molar-refractivity contribution in [1.82, 2.24) is 4.90 Å². The monoisotopic (exact) mass is 427 g/mol. The molecule has 6 heteroatoms. The topological polar surface area (TPSA) is 75.4 Å². The first kappa shape index (κ1) is 22.3. The van der Waals surface area contributed by atoms with Crippen molar-refractivity contribution in [2.45, 2.75) is 39.7 Å². The highest BCUT2D eigenvalue weighted by molar-refractivity contribution is 6.31. The lowest BCUT2D eigenvalue weighted by molar-refractivity contribution is -0.122. The number of halogens is 1. The number of rotatable bonds is 8. The highest BCUT2D eigenvalue weighted by Crippen LogP contribution is 2.29. The summed E-state index contributed by atoms with van der Waals surface area (Å²) in [4.78, 5) is 27.3. The molecule has 1 fully saturated rings. The normalized spacial score (nSPS) is 14.1. The van der Waals surface area contributed by atoms with Crippen LogP contribution in [0.3, 0.4) is 0 Å². The third-order valence-electron chi connectivity index (χ3n) is 5.63. The molecule has 0 aliphatic heterocycles.